The van der Waals surface area contributed by atoms with Gasteiger partial charge in [0.2, 0.25) is 5.91 Å². The molecule has 6 heteroatoms. The molecule has 0 bridgehead atoms. The van der Waals surface area contributed by atoms with Crippen molar-refractivity contribution >= 4 is 11.8 Å². The Labute approximate surface area is 149 Å². The van der Waals surface area contributed by atoms with Crippen LogP contribution >= 0.6 is 0 Å². The predicted octanol–water partition coefficient (Wildman–Crippen LogP) is 1.90. The minimum absolute atomic E-state index is 0.0551. The summed E-state index contributed by atoms with van der Waals surface area (Å²) in [6.45, 7) is 4.54. The van der Waals surface area contributed by atoms with Crippen LogP contribution in [0.3, 0.4) is 0 Å². The van der Waals surface area contributed by atoms with E-state index in [1.807, 2.05) is 6.07 Å². The van der Waals surface area contributed by atoms with Gasteiger partial charge in [-0.05, 0) is 50.2 Å². The van der Waals surface area contributed by atoms with Crippen LogP contribution in [-0.2, 0) is 4.79 Å². The Bertz CT molecular complexity index is 568. The fourth-order valence-electron chi connectivity index (χ4n) is 3.68. The Kier molecular flexibility index (Phi) is 6.13. The van der Waals surface area contributed by atoms with Gasteiger partial charge in [0.15, 0.2) is 0 Å². The van der Waals surface area contributed by atoms with Gasteiger partial charge in [-0.3, -0.25) is 14.5 Å². The largest absolute Gasteiger partial charge is 0.357 e. The number of rotatable bonds is 9. The van der Waals surface area contributed by atoms with Gasteiger partial charge in [0.25, 0.3) is 5.91 Å². The molecule has 138 valence electrons. The Balaban J connectivity index is 1.53. The molecule has 3 rings (SSSR count). The predicted molar refractivity (Wildman–Crippen MR) is 97.3 cm³/mol. The topological polar surface area (TPSA) is 77.2 Å². The van der Waals surface area contributed by atoms with E-state index in [0.717, 1.165) is 38.3 Å². The SMILES string of the molecule is CCCNC(=O)C[C@H]1CC[C@@H](CNC(=O)c2ccc[nH]2)N1CC1CC1. The monoisotopic (exact) mass is 346 g/mol. The first-order valence-electron chi connectivity index (χ1n) is 9.61. The summed E-state index contributed by atoms with van der Waals surface area (Å²) >= 11 is 0. The van der Waals surface area contributed by atoms with E-state index in [-0.39, 0.29) is 11.8 Å². The van der Waals surface area contributed by atoms with Crippen LogP contribution in [0.1, 0.15) is 55.9 Å². The fourth-order valence-corrected chi connectivity index (χ4v) is 3.68. The van der Waals surface area contributed by atoms with Crippen LogP contribution in [0, 0.1) is 5.92 Å². The van der Waals surface area contributed by atoms with Crippen molar-refractivity contribution in [2.75, 3.05) is 19.6 Å². The number of aromatic nitrogens is 1. The molecule has 2 aliphatic rings. The first kappa shape index (κ1) is 18.0. The molecule has 1 aromatic heterocycles. The quantitative estimate of drug-likeness (QED) is 0.639. The number of H-pyrrole nitrogens is 1. The molecule has 1 aliphatic heterocycles. The maximum atomic E-state index is 12.2. The van der Waals surface area contributed by atoms with E-state index in [2.05, 4.69) is 27.4 Å². The van der Waals surface area contributed by atoms with Gasteiger partial charge in [0.05, 0.1) is 0 Å². The number of carbonyl (C=O) groups is 2. The number of nitrogens with zero attached hydrogens (tertiary/aromatic N) is 1. The lowest BCUT2D eigenvalue weighted by molar-refractivity contribution is -0.122. The third kappa shape index (κ3) is 5.08. The molecule has 0 radical (unpaired) electrons. The van der Waals surface area contributed by atoms with Crippen LogP contribution in [0.15, 0.2) is 18.3 Å². The molecule has 1 saturated carbocycles. The highest BCUT2D eigenvalue weighted by Crippen LogP contribution is 2.35. The smallest absolute Gasteiger partial charge is 0.267 e. The number of hydrogen-bond donors (Lipinski definition) is 3. The maximum Gasteiger partial charge on any atom is 0.267 e. The summed E-state index contributed by atoms with van der Waals surface area (Å²) in [7, 11) is 0. The summed E-state index contributed by atoms with van der Waals surface area (Å²) in [6, 6.07) is 4.26. The molecule has 2 atom stereocenters. The Morgan fingerprint density at radius 1 is 1.20 bits per heavy atom. The third-order valence-electron chi connectivity index (χ3n) is 5.27. The molecule has 0 spiro atoms. The zero-order valence-electron chi connectivity index (χ0n) is 15.1. The van der Waals surface area contributed by atoms with E-state index in [4.69, 9.17) is 0 Å². The van der Waals surface area contributed by atoms with E-state index < -0.39 is 0 Å². The van der Waals surface area contributed by atoms with Gasteiger partial charge in [0.1, 0.15) is 5.69 Å². The summed E-state index contributed by atoms with van der Waals surface area (Å²) < 4.78 is 0. The molecule has 2 heterocycles. The van der Waals surface area contributed by atoms with Gasteiger partial charge in [-0.2, -0.15) is 0 Å². The van der Waals surface area contributed by atoms with E-state index in [0.29, 0.717) is 30.7 Å². The molecular formula is C19H30N4O2. The molecule has 1 saturated heterocycles. The van der Waals surface area contributed by atoms with Crippen LogP contribution in [-0.4, -0.2) is 53.4 Å². The van der Waals surface area contributed by atoms with Gasteiger partial charge in [0, 0.05) is 44.3 Å². The summed E-state index contributed by atoms with van der Waals surface area (Å²) in [6.07, 6.45) is 7.98. The van der Waals surface area contributed by atoms with Gasteiger partial charge in [-0.25, -0.2) is 0 Å². The van der Waals surface area contributed by atoms with Crippen LogP contribution in [0.25, 0.3) is 0 Å². The van der Waals surface area contributed by atoms with Crippen molar-refractivity contribution in [2.24, 2.45) is 5.92 Å². The highest BCUT2D eigenvalue weighted by atomic mass is 16.2. The van der Waals surface area contributed by atoms with Gasteiger partial charge in [-0.1, -0.05) is 6.92 Å². The minimum Gasteiger partial charge on any atom is -0.357 e. The van der Waals surface area contributed by atoms with E-state index in [1.165, 1.54) is 12.8 Å². The van der Waals surface area contributed by atoms with E-state index in [1.54, 1.807) is 12.3 Å². The van der Waals surface area contributed by atoms with Crippen LogP contribution < -0.4 is 10.6 Å². The second kappa shape index (κ2) is 8.52. The van der Waals surface area contributed by atoms with Crippen molar-refractivity contribution in [3.05, 3.63) is 24.0 Å². The van der Waals surface area contributed by atoms with Crippen molar-refractivity contribution in [2.45, 2.75) is 57.5 Å². The zero-order valence-corrected chi connectivity index (χ0v) is 15.1. The molecule has 2 amide bonds. The van der Waals surface area contributed by atoms with Gasteiger partial charge >= 0.3 is 0 Å². The second-order valence-corrected chi connectivity index (χ2v) is 7.37. The first-order chi connectivity index (χ1) is 12.2. The summed E-state index contributed by atoms with van der Waals surface area (Å²) in [4.78, 5) is 29.7. The van der Waals surface area contributed by atoms with E-state index in [9.17, 15) is 9.59 Å². The molecule has 1 aromatic rings. The molecule has 3 N–H and O–H groups in total. The van der Waals surface area contributed by atoms with Crippen molar-refractivity contribution in [3.63, 3.8) is 0 Å². The standard InChI is InChI=1S/C19H30N4O2/c1-2-9-21-18(24)11-15-7-8-16(23(15)13-14-5-6-14)12-22-19(25)17-4-3-10-20-17/h3-4,10,14-16,20H,2,5-9,11-13H2,1H3,(H,21,24)(H,22,25)/t15-,16+/m1/s1. The second-order valence-electron chi connectivity index (χ2n) is 7.37. The zero-order chi connectivity index (χ0) is 17.6. The van der Waals surface area contributed by atoms with E-state index >= 15 is 0 Å². The van der Waals surface area contributed by atoms with Crippen LogP contribution in [0.2, 0.25) is 0 Å². The molecular weight excluding hydrogens is 316 g/mol. The maximum absolute atomic E-state index is 12.2. The molecule has 0 unspecified atom stereocenters. The Hall–Kier alpha value is -1.82. The molecule has 6 nitrogen and oxygen atoms in total. The highest BCUT2D eigenvalue weighted by Gasteiger charge is 2.37. The lowest BCUT2D eigenvalue weighted by Gasteiger charge is -2.30. The molecule has 2 fully saturated rings. The Morgan fingerprint density at radius 2 is 2.00 bits per heavy atom. The van der Waals surface area contributed by atoms with Gasteiger partial charge < -0.3 is 15.6 Å². The lowest BCUT2D eigenvalue weighted by Crippen LogP contribution is -2.45. The lowest BCUT2D eigenvalue weighted by atomic mass is 10.1. The highest BCUT2D eigenvalue weighted by molar-refractivity contribution is 5.92. The van der Waals surface area contributed by atoms with Gasteiger partial charge in [-0.15, -0.1) is 0 Å². The van der Waals surface area contributed by atoms with Crippen LogP contribution in [0.5, 0.6) is 0 Å². The first-order valence-corrected chi connectivity index (χ1v) is 9.61. The summed E-state index contributed by atoms with van der Waals surface area (Å²) in [5.74, 6) is 0.880. The number of carbonyl (C=O) groups excluding carboxylic acids is 2. The van der Waals surface area contributed by atoms with Crippen molar-refractivity contribution in [1.29, 1.82) is 0 Å². The Morgan fingerprint density at radius 3 is 2.68 bits per heavy atom. The van der Waals surface area contributed by atoms with Crippen LogP contribution in [0.4, 0.5) is 0 Å². The number of nitrogens with one attached hydrogen (secondary N) is 3. The minimum atomic E-state index is -0.0551. The average molecular weight is 346 g/mol. The third-order valence-corrected chi connectivity index (χ3v) is 5.27. The van der Waals surface area contributed by atoms with Crippen molar-refractivity contribution in [3.8, 4) is 0 Å². The normalized spacial score (nSPS) is 23.6. The molecule has 1 aliphatic carbocycles. The van der Waals surface area contributed by atoms with Crippen molar-refractivity contribution in [1.82, 2.24) is 20.5 Å². The number of likely N-dealkylation sites (tertiary alicyclic amines) is 1. The summed E-state index contributed by atoms with van der Waals surface area (Å²) in [5, 5.41) is 6.04. The number of amides is 2. The molecule has 25 heavy (non-hydrogen) atoms. The summed E-state index contributed by atoms with van der Waals surface area (Å²) in [5.41, 5.74) is 0.599. The number of hydrogen-bond acceptors (Lipinski definition) is 3. The van der Waals surface area contributed by atoms with Crippen molar-refractivity contribution < 1.29 is 9.59 Å². The molecule has 0 aromatic carbocycles. The number of aromatic amines is 1. The average Bonchev–Trinajstić information content (AvgIpc) is 3.11. The fraction of sp³-hybridized carbons (Fsp3) is 0.684.